The molecule has 1 atom stereocenters. The molecule has 0 bridgehead atoms. The van der Waals surface area contributed by atoms with Gasteiger partial charge in [0.25, 0.3) is 5.91 Å². The van der Waals surface area contributed by atoms with Crippen molar-refractivity contribution in [1.82, 2.24) is 10.6 Å². The minimum Gasteiger partial charge on any atom is -0.380 e. The summed E-state index contributed by atoms with van der Waals surface area (Å²) < 4.78 is 5.11. The first kappa shape index (κ1) is 20.3. The second-order valence-electron chi connectivity index (χ2n) is 6.65. The van der Waals surface area contributed by atoms with E-state index in [9.17, 15) is 9.59 Å². The molecule has 3 aromatic carbocycles. The van der Waals surface area contributed by atoms with E-state index in [1.54, 1.807) is 31.4 Å². The van der Waals surface area contributed by atoms with E-state index in [-0.39, 0.29) is 11.8 Å². The van der Waals surface area contributed by atoms with E-state index in [0.717, 1.165) is 16.7 Å². The van der Waals surface area contributed by atoms with Crippen molar-refractivity contribution in [3.8, 4) is 0 Å². The van der Waals surface area contributed by atoms with Crippen LogP contribution in [0.3, 0.4) is 0 Å². The smallest absolute Gasteiger partial charge is 0.252 e. The minimum absolute atomic E-state index is 0.263. The summed E-state index contributed by atoms with van der Waals surface area (Å²) >= 11 is 0. The predicted octanol–water partition coefficient (Wildman–Crippen LogP) is 3.62. The van der Waals surface area contributed by atoms with Crippen LogP contribution in [0.4, 0.5) is 0 Å². The maximum atomic E-state index is 12.9. The Bertz CT molecular complexity index is 925. The van der Waals surface area contributed by atoms with Gasteiger partial charge in [-0.2, -0.15) is 0 Å². The molecule has 0 aliphatic carbocycles. The van der Waals surface area contributed by atoms with Gasteiger partial charge in [0, 0.05) is 19.2 Å². The van der Waals surface area contributed by atoms with Crippen molar-refractivity contribution >= 4 is 11.8 Å². The van der Waals surface area contributed by atoms with Gasteiger partial charge in [0.1, 0.15) is 6.04 Å². The number of amides is 2. The summed E-state index contributed by atoms with van der Waals surface area (Å²) in [7, 11) is 1.65. The monoisotopic (exact) mass is 388 g/mol. The highest BCUT2D eigenvalue weighted by Gasteiger charge is 2.23. The van der Waals surface area contributed by atoms with Gasteiger partial charge in [-0.25, -0.2) is 0 Å². The summed E-state index contributed by atoms with van der Waals surface area (Å²) in [6, 6.07) is 25.2. The molecule has 1 unspecified atom stereocenters. The Morgan fingerprint density at radius 2 is 1.41 bits per heavy atom. The van der Waals surface area contributed by atoms with Gasteiger partial charge in [0.15, 0.2) is 0 Å². The number of carbonyl (C=O) groups excluding carboxylic acids is 2. The molecule has 3 aromatic rings. The molecule has 0 saturated carbocycles. The van der Waals surface area contributed by atoms with Crippen LogP contribution in [-0.4, -0.2) is 18.9 Å². The van der Waals surface area contributed by atoms with Crippen LogP contribution in [0, 0.1) is 0 Å². The van der Waals surface area contributed by atoms with Crippen LogP contribution in [0.2, 0.25) is 0 Å². The molecule has 148 valence electrons. The fraction of sp³-hybridized carbons (Fsp3) is 0.167. The Morgan fingerprint density at radius 3 is 2.03 bits per heavy atom. The molecule has 0 heterocycles. The van der Waals surface area contributed by atoms with E-state index < -0.39 is 6.04 Å². The molecule has 5 nitrogen and oxygen atoms in total. The fourth-order valence-corrected chi connectivity index (χ4v) is 2.96. The van der Waals surface area contributed by atoms with E-state index in [1.807, 2.05) is 60.7 Å². The first-order valence-electron chi connectivity index (χ1n) is 9.42. The molecular weight excluding hydrogens is 364 g/mol. The third kappa shape index (κ3) is 5.77. The summed E-state index contributed by atoms with van der Waals surface area (Å²) in [6.07, 6.45) is 0. The highest BCUT2D eigenvalue weighted by molar-refractivity contribution is 5.97. The molecule has 3 rings (SSSR count). The molecule has 29 heavy (non-hydrogen) atoms. The Balaban J connectivity index is 1.70. The minimum atomic E-state index is -0.781. The summed E-state index contributed by atoms with van der Waals surface area (Å²) in [6.45, 7) is 0.922. The number of benzene rings is 3. The maximum absolute atomic E-state index is 12.9. The highest BCUT2D eigenvalue weighted by Crippen LogP contribution is 2.15. The summed E-state index contributed by atoms with van der Waals surface area (Å²) in [5.74, 6) is -0.556. The van der Waals surface area contributed by atoms with Gasteiger partial charge in [-0.3, -0.25) is 9.59 Å². The highest BCUT2D eigenvalue weighted by atomic mass is 16.5. The average molecular weight is 388 g/mol. The van der Waals surface area contributed by atoms with E-state index in [2.05, 4.69) is 10.6 Å². The molecule has 0 fully saturated rings. The van der Waals surface area contributed by atoms with E-state index >= 15 is 0 Å². The lowest BCUT2D eigenvalue weighted by atomic mass is 10.0. The SMILES string of the molecule is COCc1ccc(CNC(=O)C(NC(=O)c2ccccc2)c2ccccc2)cc1. The van der Waals surface area contributed by atoms with Crippen molar-refractivity contribution in [3.63, 3.8) is 0 Å². The zero-order valence-electron chi connectivity index (χ0n) is 16.3. The summed E-state index contributed by atoms with van der Waals surface area (Å²) in [5.41, 5.74) is 3.28. The topological polar surface area (TPSA) is 67.4 Å². The van der Waals surface area contributed by atoms with Gasteiger partial charge in [-0.1, -0.05) is 72.8 Å². The third-order valence-electron chi connectivity index (χ3n) is 4.51. The molecule has 0 aromatic heterocycles. The summed E-state index contributed by atoms with van der Waals surface area (Å²) in [5, 5.41) is 5.76. The van der Waals surface area contributed by atoms with Crippen molar-refractivity contribution in [2.45, 2.75) is 19.2 Å². The lowest BCUT2D eigenvalue weighted by Gasteiger charge is -2.19. The second kappa shape index (κ2) is 10.2. The van der Waals surface area contributed by atoms with Crippen LogP contribution in [0.1, 0.15) is 33.1 Å². The van der Waals surface area contributed by atoms with Crippen LogP contribution >= 0.6 is 0 Å². The standard InChI is InChI=1S/C24H24N2O3/c1-29-17-19-14-12-18(13-15-19)16-25-24(28)22(20-8-4-2-5-9-20)26-23(27)21-10-6-3-7-11-21/h2-15,22H,16-17H2,1H3,(H,25,28)(H,26,27). The Hall–Kier alpha value is -3.44. The Morgan fingerprint density at radius 1 is 0.828 bits per heavy atom. The predicted molar refractivity (Wildman–Crippen MR) is 112 cm³/mol. The number of rotatable bonds is 8. The van der Waals surface area contributed by atoms with Gasteiger partial charge in [-0.05, 0) is 28.8 Å². The van der Waals surface area contributed by atoms with Crippen molar-refractivity contribution < 1.29 is 14.3 Å². The number of hydrogen-bond donors (Lipinski definition) is 2. The maximum Gasteiger partial charge on any atom is 0.252 e. The average Bonchev–Trinajstić information content (AvgIpc) is 2.78. The first-order valence-corrected chi connectivity index (χ1v) is 9.42. The number of hydrogen-bond acceptors (Lipinski definition) is 3. The van der Waals surface area contributed by atoms with Crippen LogP contribution in [0.25, 0.3) is 0 Å². The van der Waals surface area contributed by atoms with Crippen LogP contribution in [0.5, 0.6) is 0 Å². The number of methoxy groups -OCH3 is 1. The van der Waals surface area contributed by atoms with E-state index in [4.69, 9.17) is 4.74 Å². The van der Waals surface area contributed by atoms with Crippen molar-refractivity contribution in [1.29, 1.82) is 0 Å². The molecule has 0 saturated heterocycles. The number of nitrogens with one attached hydrogen (secondary N) is 2. The lowest BCUT2D eigenvalue weighted by Crippen LogP contribution is -2.40. The van der Waals surface area contributed by atoms with Gasteiger partial charge in [-0.15, -0.1) is 0 Å². The lowest BCUT2D eigenvalue weighted by molar-refractivity contribution is -0.123. The molecule has 0 radical (unpaired) electrons. The Kier molecular flexibility index (Phi) is 7.14. The molecule has 0 aliphatic heterocycles. The third-order valence-corrected chi connectivity index (χ3v) is 4.51. The van der Waals surface area contributed by atoms with Crippen LogP contribution in [0.15, 0.2) is 84.9 Å². The van der Waals surface area contributed by atoms with Crippen molar-refractivity contribution in [2.24, 2.45) is 0 Å². The van der Waals surface area contributed by atoms with Crippen molar-refractivity contribution in [3.05, 3.63) is 107 Å². The second-order valence-corrected chi connectivity index (χ2v) is 6.65. The largest absolute Gasteiger partial charge is 0.380 e. The van der Waals surface area contributed by atoms with E-state index in [0.29, 0.717) is 18.7 Å². The van der Waals surface area contributed by atoms with Gasteiger partial charge < -0.3 is 15.4 Å². The molecule has 0 aliphatic rings. The molecule has 5 heteroatoms. The zero-order chi connectivity index (χ0) is 20.5. The van der Waals surface area contributed by atoms with E-state index in [1.165, 1.54) is 0 Å². The van der Waals surface area contributed by atoms with Crippen molar-refractivity contribution in [2.75, 3.05) is 7.11 Å². The molecule has 2 N–H and O–H groups in total. The van der Waals surface area contributed by atoms with Gasteiger partial charge in [0.2, 0.25) is 5.91 Å². The van der Waals surface area contributed by atoms with Gasteiger partial charge in [0.05, 0.1) is 6.61 Å². The number of ether oxygens (including phenoxy) is 1. The molecular formula is C24H24N2O3. The van der Waals surface area contributed by atoms with Crippen LogP contribution in [-0.2, 0) is 22.7 Å². The molecule has 2 amide bonds. The molecule has 0 spiro atoms. The number of carbonyl (C=O) groups is 2. The zero-order valence-corrected chi connectivity index (χ0v) is 16.3. The van der Waals surface area contributed by atoms with Crippen LogP contribution < -0.4 is 10.6 Å². The summed E-state index contributed by atoms with van der Waals surface area (Å²) in [4.78, 5) is 25.5. The van der Waals surface area contributed by atoms with Gasteiger partial charge >= 0.3 is 0 Å². The fourth-order valence-electron chi connectivity index (χ4n) is 2.96. The normalized spacial score (nSPS) is 11.5. The quantitative estimate of drug-likeness (QED) is 0.619. The first-order chi connectivity index (χ1) is 14.2. The Labute approximate surface area is 170 Å².